The Balaban J connectivity index is 1.39. The highest BCUT2D eigenvalue weighted by molar-refractivity contribution is 6.36. The van der Waals surface area contributed by atoms with Crippen molar-refractivity contribution in [3.63, 3.8) is 0 Å². The summed E-state index contributed by atoms with van der Waals surface area (Å²) in [6, 6.07) is 5.81. The molecule has 1 atom stereocenters. The Morgan fingerprint density at radius 2 is 1.72 bits per heavy atom. The molecular weight excluding hydrogens is 361 g/mol. The van der Waals surface area contributed by atoms with Crippen LogP contribution >= 0.6 is 23.2 Å². The molecular formula is C19H23Cl2NO3. The summed E-state index contributed by atoms with van der Waals surface area (Å²) in [5, 5.41) is 1.29. The number of amides is 1. The number of hydrogen-bond acceptors (Lipinski definition) is 3. The van der Waals surface area contributed by atoms with Gasteiger partial charge in [0.25, 0.3) is 0 Å². The number of carbonyl (C=O) groups is 1. The Bertz CT molecular complexity index is 630. The van der Waals surface area contributed by atoms with Crippen molar-refractivity contribution in [3.05, 3.63) is 33.8 Å². The summed E-state index contributed by atoms with van der Waals surface area (Å²) >= 11 is 12.5. The van der Waals surface area contributed by atoms with E-state index in [1.807, 2.05) is 18.2 Å². The molecule has 25 heavy (non-hydrogen) atoms. The molecule has 3 aliphatic rings. The molecule has 1 amide bonds. The molecule has 0 radical (unpaired) electrons. The molecule has 3 fully saturated rings. The van der Waals surface area contributed by atoms with E-state index in [4.69, 9.17) is 32.7 Å². The largest absolute Gasteiger partial charge is 0.348 e. The zero-order valence-corrected chi connectivity index (χ0v) is 15.7. The summed E-state index contributed by atoms with van der Waals surface area (Å²) in [4.78, 5) is 15.0. The highest BCUT2D eigenvalue weighted by Gasteiger charge is 2.44. The first-order valence-corrected chi connectivity index (χ1v) is 9.85. The molecule has 1 saturated carbocycles. The molecule has 1 aromatic rings. The Kier molecular flexibility index (Phi) is 4.98. The molecule has 1 spiro atoms. The average molecular weight is 384 g/mol. The van der Waals surface area contributed by atoms with Crippen molar-refractivity contribution in [1.82, 2.24) is 4.90 Å². The Morgan fingerprint density at radius 3 is 2.36 bits per heavy atom. The average Bonchev–Trinajstić information content (AvgIpc) is 3.20. The number of halogens is 2. The van der Waals surface area contributed by atoms with Gasteiger partial charge in [0.05, 0.1) is 13.2 Å². The number of ether oxygens (including phenoxy) is 2. The van der Waals surface area contributed by atoms with Gasteiger partial charge >= 0.3 is 0 Å². The van der Waals surface area contributed by atoms with E-state index in [0.717, 1.165) is 44.2 Å². The van der Waals surface area contributed by atoms with Crippen LogP contribution in [0.5, 0.6) is 0 Å². The normalized spacial score (nSPS) is 26.7. The van der Waals surface area contributed by atoms with Gasteiger partial charge in [-0.3, -0.25) is 4.79 Å². The third-order valence-electron chi connectivity index (χ3n) is 5.83. The fourth-order valence-corrected chi connectivity index (χ4v) is 4.98. The SMILES string of the molecule is O=C1C(Cc2c(Cl)cccc2Cl)CCN1C1CCC2(CC1)OCCO2. The van der Waals surface area contributed by atoms with Crippen LogP contribution in [-0.2, 0) is 20.7 Å². The Hall–Kier alpha value is -0.810. The third kappa shape index (κ3) is 3.42. The van der Waals surface area contributed by atoms with Gasteiger partial charge in [0.1, 0.15) is 0 Å². The van der Waals surface area contributed by atoms with Gasteiger partial charge in [0, 0.05) is 41.4 Å². The van der Waals surface area contributed by atoms with Gasteiger partial charge in [-0.05, 0) is 43.4 Å². The van der Waals surface area contributed by atoms with Crippen LogP contribution in [0.15, 0.2) is 18.2 Å². The van der Waals surface area contributed by atoms with Gasteiger partial charge in [-0.25, -0.2) is 0 Å². The molecule has 4 nitrogen and oxygen atoms in total. The minimum Gasteiger partial charge on any atom is -0.348 e. The van der Waals surface area contributed by atoms with Gasteiger partial charge in [0.2, 0.25) is 5.91 Å². The van der Waals surface area contributed by atoms with Crippen molar-refractivity contribution < 1.29 is 14.3 Å². The van der Waals surface area contributed by atoms with E-state index in [1.165, 1.54) is 0 Å². The number of hydrogen-bond donors (Lipinski definition) is 0. The smallest absolute Gasteiger partial charge is 0.226 e. The molecule has 6 heteroatoms. The molecule has 2 heterocycles. The summed E-state index contributed by atoms with van der Waals surface area (Å²) in [6.07, 6.45) is 5.15. The van der Waals surface area contributed by atoms with Crippen LogP contribution in [0.1, 0.15) is 37.7 Å². The summed E-state index contributed by atoms with van der Waals surface area (Å²) < 4.78 is 11.6. The quantitative estimate of drug-likeness (QED) is 0.789. The van der Waals surface area contributed by atoms with Gasteiger partial charge in [-0.2, -0.15) is 0 Å². The highest BCUT2D eigenvalue weighted by Crippen LogP contribution is 2.39. The minimum atomic E-state index is -0.371. The van der Waals surface area contributed by atoms with Crippen molar-refractivity contribution in [3.8, 4) is 0 Å². The van der Waals surface area contributed by atoms with E-state index in [2.05, 4.69) is 4.90 Å². The predicted molar refractivity (Wildman–Crippen MR) is 96.9 cm³/mol. The lowest BCUT2D eigenvalue weighted by Gasteiger charge is -2.39. The van der Waals surface area contributed by atoms with E-state index in [1.54, 1.807) is 0 Å². The van der Waals surface area contributed by atoms with Crippen molar-refractivity contribution >= 4 is 29.1 Å². The minimum absolute atomic E-state index is 0.0210. The number of likely N-dealkylation sites (tertiary alicyclic amines) is 1. The lowest BCUT2D eigenvalue weighted by molar-refractivity contribution is -0.184. The molecule has 1 unspecified atom stereocenters. The maximum Gasteiger partial charge on any atom is 0.226 e. The first kappa shape index (κ1) is 17.6. The number of benzene rings is 1. The molecule has 0 N–H and O–H groups in total. The Morgan fingerprint density at radius 1 is 1.08 bits per heavy atom. The monoisotopic (exact) mass is 383 g/mol. The second kappa shape index (κ2) is 7.07. The molecule has 2 saturated heterocycles. The third-order valence-corrected chi connectivity index (χ3v) is 6.54. The van der Waals surface area contributed by atoms with Crippen LogP contribution in [-0.4, -0.2) is 42.4 Å². The van der Waals surface area contributed by atoms with E-state index in [9.17, 15) is 4.79 Å². The second-order valence-corrected chi connectivity index (χ2v) is 8.07. The highest BCUT2D eigenvalue weighted by atomic mass is 35.5. The van der Waals surface area contributed by atoms with Crippen LogP contribution in [0.4, 0.5) is 0 Å². The van der Waals surface area contributed by atoms with E-state index in [0.29, 0.717) is 35.7 Å². The summed E-state index contributed by atoms with van der Waals surface area (Å²) in [6.45, 7) is 2.20. The molecule has 2 aliphatic heterocycles. The van der Waals surface area contributed by atoms with Crippen LogP contribution in [0.3, 0.4) is 0 Å². The standard InChI is InChI=1S/C19H23Cl2NO3/c20-16-2-1-3-17(21)15(16)12-13-6-9-22(18(13)23)14-4-7-19(8-5-14)24-10-11-25-19/h1-3,13-14H,4-12H2. The zero-order chi connectivity index (χ0) is 17.4. The topological polar surface area (TPSA) is 38.8 Å². The fraction of sp³-hybridized carbons (Fsp3) is 0.632. The number of carbonyl (C=O) groups excluding carboxylic acids is 1. The lowest BCUT2D eigenvalue weighted by Crippen LogP contribution is -2.45. The van der Waals surface area contributed by atoms with Gasteiger partial charge in [-0.15, -0.1) is 0 Å². The van der Waals surface area contributed by atoms with Crippen molar-refractivity contribution in [2.75, 3.05) is 19.8 Å². The predicted octanol–water partition coefficient (Wildman–Crippen LogP) is 4.07. The summed E-state index contributed by atoms with van der Waals surface area (Å²) in [7, 11) is 0. The molecule has 0 aromatic heterocycles. The van der Waals surface area contributed by atoms with Crippen LogP contribution in [0.2, 0.25) is 10.0 Å². The maximum atomic E-state index is 12.9. The number of rotatable bonds is 3. The van der Waals surface area contributed by atoms with Crippen molar-refractivity contribution in [2.45, 2.75) is 50.4 Å². The van der Waals surface area contributed by atoms with Crippen LogP contribution in [0, 0.1) is 5.92 Å². The maximum absolute atomic E-state index is 12.9. The summed E-state index contributed by atoms with van der Waals surface area (Å²) in [5.41, 5.74) is 0.890. The summed E-state index contributed by atoms with van der Waals surface area (Å²) in [5.74, 6) is -0.151. The first-order valence-electron chi connectivity index (χ1n) is 9.09. The Labute approximate surface area is 158 Å². The van der Waals surface area contributed by atoms with Gasteiger partial charge < -0.3 is 14.4 Å². The van der Waals surface area contributed by atoms with E-state index in [-0.39, 0.29) is 17.6 Å². The lowest BCUT2D eigenvalue weighted by atomic mass is 9.89. The molecule has 0 bridgehead atoms. The molecule has 4 rings (SSSR count). The van der Waals surface area contributed by atoms with E-state index >= 15 is 0 Å². The van der Waals surface area contributed by atoms with Gasteiger partial charge in [-0.1, -0.05) is 29.3 Å². The molecule has 136 valence electrons. The number of nitrogens with zero attached hydrogens (tertiary/aromatic N) is 1. The van der Waals surface area contributed by atoms with Gasteiger partial charge in [0.15, 0.2) is 5.79 Å². The van der Waals surface area contributed by atoms with Crippen LogP contribution in [0.25, 0.3) is 0 Å². The molecule has 1 aliphatic carbocycles. The van der Waals surface area contributed by atoms with Crippen molar-refractivity contribution in [1.29, 1.82) is 0 Å². The van der Waals surface area contributed by atoms with Crippen molar-refractivity contribution in [2.24, 2.45) is 5.92 Å². The first-order chi connectivity index (χ1) is 12.1. The van der Waals surface area contributed by atoms with E-state index < -0.39 is 0 Å². The molecule has 1 aromatic carbocycles. The zero-order valence-electron chi connectivity index (χ0n) is 14.2. The fourth-order valence-electron chi connectivity index (χ4n) is 4.43. The second-order valence-electron chi connectivity index (χ2n) is 7.26. The van der Waals surface area contributed by atoms with Crippen LogP contribution < -0.4 is 0 Å².